The molecule has 1 saturated carbocycles. The Morgan fingerprint density at radius 3 is 2.78 bits per heavy atom. The maximum absolute atomic E-state index is 12.2. The van der Waals surface area contributed by atoms with E-state index in [1.54, 1.807) is 7.11 Å². The number of nitrogens with one attached hydrogen (secondary N) is 1. The number of ether oxygens (including phenoxy) is 1. The third-order valence-electron chi connectivity index (χ3n) is 3.80. The lowest BCUT2D eigenvalue weighted by Crippen LogP contribution is -2.21. The van der Waals surface area contributed by atoms with Crippen LogP contribution in [-0.2, 0) is 4.79 Å². The summed E-state index contributed by atoms with van der Waals surface area (Å²) < 4.78 is 7.18. The first-order chi connectivity index (χ1) is 11.1. The maximum atomic E-state index is 12.2. The molecule has 0 atom stereocenters. The van der Waals surface area contributed by atoms with E-state index in [2.05, 4.69) is 42.2 Å². The fourth-order valence-corrected chi connectivity index (χ4v) is 5.04. The molecule has 1 aliphatic heterocycles. The van der Waals surface area contributed by atoms with Crippen LogP contribution in [0, 0.1) is 0 Å². The Bertz CT molecular complexity index is 698. The van der Waals surface area contributed by atoms with Crippen molar-refractivity contribution in [2.45, 2.75) is 31.7 Å². The standard InChI is InChI=1S/C16H16Br2N2O2S/c1-22-14-9(6-10(17)8-12(14)18)7-13-15(21)20-16(23-13)19-11-4-2-3-5-11/h6-8,11H,2-5H2,1H3,(H,19,20,21)/b13-7-. The van der Waals surface area contributed by atoms with E-state index in [1.807, 2.05) is 18.2 Å². The SMILES string of the molecule is COc1c(Br)cc(Br)cc1/C=C1\SC(=NC2CCCC2)NC1=O. The summed E-state index contributed by atoms with van der Waals surface area (Å²) in [6, 6.07) is 4.19. The first-order valence-corrected chi connectivity index (χ1v) is 9.79. The number of halogens is 2. The molecule has 1 saturated heterocycles. The second-order valence-electron chi connectivity index (χ2n) is 5.45. The Balaban J connectivity index is 1.87. The summed E-state index contributed by atoms with van der Waals surface area (Å²) in [4.78, 5) is 17.5. The predicted molar refractivity (Wildman–Crippen MR) is 102 cm³/mol. The molecular weight excluding hydrogens is 444 g/mol. The van der Waals surface area contributed by atoms with Crippen LogP contribution < -0.4 is 10.1 Å². The minimum absolute atomic E-state index is 0.107. The number of amidine groups is 1. The van der Waals surface area contributed by atoms with Gasteiger partial charge in [0, 0.05) is 10.0 Å². The van der Waals surface area contributed by atoms with Crippen LogP contribution in [-0.4, -0.2) is 24.2 Å². The largest absolute Gasteiger partial charge is 0.495 e. The highest BCUT2D eigenvalue weighted by atomic mass is 79.9. The molecule has 2 aliphatic rings. The number of aliphatic imine (C=N–C) groups is 1. The number of hydrogen-bond acceptors (Lipinski definition) is 4. The zero-order chi connectivity index (χ0) is 16.4. The van der Waals surface area contributed by atoms with Gasteiger partial charge in [-0.2, -0.15) is 0 Å². The monoisotopic (exact) mass is 458 g/mol. The van der Waals surface area contributed by atoms with E-state index in [0.29, 0.717) is 21.9 Å². The van der Waals surface area contributed by atoms with Gasteiger partial charge in [0.05, 0.1) is 22.5 Å². The van der Waals surface area contributed by atoms with Gasteiger partial charge in [-0.15, -0.1) is 0 Å². The number of nitrogens with zero attached hydrogens (tertiary/aromatic N) is 1. The fraction of sp³-hybridized carbons (Fsp3) is 0.375. The molecule has 1 aliphatic carbocycles. The summed E-state index contributed by atoms with van der Waals surface area (Å²) in [7, 11) is 1.62. The molecule has 0 spiro atoms. The van der Waals surface area contributed by atoms with E-state index >= 15 is 0 Å². The molecule has 0 bridgehead atoms. The number of carbonyl (C=O) groups is 1. The van der Waals surface area contributed by atoms with Crippen molar-refractivity contribution in [3.63, 3.8) is 0 Å². The minimum Gasteiger partial charge on any atom is -0.495 e. The van der Waals surface area contributed by atoms with Crippen molar-refractivity contribution in [3.05, 3.63) is 31.5 Å². The number of rotatable bonds is 3. The lowest BCUT2D eigenvalue weighted by Gasteiger charge is -2.08. The van der Waals surface area contributed by atoms with E-state index < -0.39 is 0 Å². The maximum Gasteiger partial charge on any atom is 0.264 e. The van der Waals surface area contributed by atoms with Crippen molar-refractivity contribution >= 4 is 60.8 Å². The summed E-state index contributed by atoms with van der Waals surface area (Å²) in [5.41, 5.74) is 0.841. The van der Waals surface area contributed by atoms with Crippen LogP contribution in [0.5, 0.6) is 5.75 Å². The number of carbonyl (C=O) groups excluding carboxylic acids is 1. The van der Waals surface area contributed by atoms with E-state index in [-0.39, 0.29) is 5.91 Å². The third kappa shape index (κ3) is 4.00. The van der Waals surface area contributed by atoms with E-state index in [4.69, 9.17) is 4.74 Å². The highest BCUT2D eigenvalue weighted by Crippen LogP contribution is 2.36. The van der Waals surface area contributed by atoms with Crippen LogP contribution in [0.4, 0.5) is 0 Å². The van der Waals surface area contributed by atoms with Gasteiger partial charge in [0.15, 0.2) is 5.17 Å². The van der Waals surface area contributed by atoms with Crippen molar-refractivity contribution in [2.75, 3.05) is 7.11 Å². The van der Waals surface area contributed by atoms with Crippen molar-refractivity contribution in [1.29, 1.82) is 0 Å². The fourth-order valence-electron chi connectivity index (χ4n) is 2.73. The normalized spacial score (nSPS) is 22.1. The quantitative estimate of drug-likeness (QED) is 0.665. The Kier molecular flexibility index (Phi) is 5.49. The predicted octanol–water partition coefficient (Wildman–Crippen LogP) is 4.72. The summed E-state index contributed by atoms with van der Waals surface area (Å²) in [5.74, 6) is 0.597. The zero-order valence-electron chi connectivity index (χ0n) is 12.6. The van der Waals surface area contributed by atoms with Crippen molar-refractivity contribution in [3.8, 4) is 5.75 Å². The molecule has 122 valence electrons. The highest BCUT2D eigenvalue weighted by Gasteiger charge is 2.26. The van der Waals surface area contributed by atoms with Crippen molar-refractivity contribution in [2.24, 2.45) is 4.99 Å². The molecule has 4 nitrogen and oxygen atoms in total. The second-order valence-corrected chi connectivity index (χ2v) is 8.25. The van der Waals surface area contributed by atoms with Gasteiger partial charge in [-0.3, -0.25) is 9.79 Å². The van der Waals surface area contributed by atoms with E-state index in [1.165, 1.54) is 24.6 Å². The first kappa shape index (κ1) is 17.0. The lowest BCUT2D eigenvalue weighted by molar-refractivity contribution is -0.115. The molecule has 23 heavy (non-hydrogen) atoms. The molecule has 2 fully saturated rings. The molecule has 3 rings (SSSR count). The smallest absolute Gasteiger partial charge is 0.264 e. The molecule has 1 N–H and O–H groups in total. The molecule has 0 unspecified atom stereocenters. The van der Waals surface area contributed by atoms with Gasteiger partial charge in [-0.25, -0.2) is 0 Å². The van der Waals surface area contributed by atoms with Gasteiger partial charge in [-0.1, -0.05) is 28.8 Å². The van der Waals surface area contributed by atoms with Crippen molar-refractivity contribution in [1.82, 2.24) is 5.32 Å². The number of thioether (sulfide) groups is 1. The van der Waals surface area contributed by atoms with Gasteiger partial charge in [0.25, 0.3) is 5.91 Å². The molecule has 1 aromatic rings. The molecule has 1 amide bonds. The minimum atomic E-state index is -0.107. The van der Waals surface area contributed by atoms with Crippen LogP contribution in [0.25, 0.3) is 6.08 Å². The lowest BCUT2D eigenvalue weighted by atomic mass is 10.2. The van der Waals surface area contributed by atoms with Crippen LogP contribution >= 0.6 is 43.6 Å². The number of benzene rings is 1. The second kappa shape index (κ2) is 7.40. The Hall–Kier alpha value is -0.790. The zero-order valence-corrected chi connectivity index (χ0v) is 16.6. The molecule has 0 radical (unpaired) electrons. The van der Waals surface area contributed by atoms with Crippen molar-refractivity contribution < 1.29 is 9.53 Å². The number of amides is 1. The molecule has 7 heteroatoms. The summed E-state index contributed by atoms with van der Waals surface area (Å²) in [6.45, 7) is 0. The summed E-state index contributed by atoms with van der Waals surface area (Å²) >= 11 is 8.34. The molecular formula is C16H16Br2N2O2S. The van der Waals surface area contributed by atoms with Gasteiger partial charge in [0.1, 0.15) is 5.75 Å². The van der Waals surface area contributed by atoms with Crippen LogP contribution in [0.15, 0.2) is 31.0 Å². The molecule has 0 aromatic heterocycles. The first-order valence-electron chi connectivity index (χ1n) is 7.38. The topological polar surface area (TPSA) is 50.7 Å². The van der Waals surface area contributed by atoms with Crippen LogP contribution in [0.3, 0.4) is 0 Å². The number of hydrogen-bond donors (Lipinski definition) is 1. The number of methoxy groups -OCH3 is 1. The average Bonchev–Trinajstić information content (AvgIpc) is 3.10. The summed E-state index contributed by atoms with van der Waals surface area (Å²) in [5, 5.41) is 3.57. The highest BCUT2D eigenvalue weighted by molar-refractivity contribution is 9.11. The molecule has 1 heterocycles. The average molecular weight is 460 g/mol. The van der Waals surface area contributed by atoms with Gasteiger partial charge in [0.2, 0.25) is 0 Å². The van der Waals surface area contributed by atoms with Gasteiger partial charge < -0.3 is 10.1 Å². The van der Waals surface area contributed by atoms with Crippen LogP contribution in [0.2, 0.25) is 0 Å². The van der Waals surface area contributed by atoms with Crippen LogP contribution in [0.1, 0.15) is 31.2 Å². The Labute approximate surface area is 156 Å². The van der Waals surface area contributed by atoms with Gasteiger partial charge >= 0.3 is 0 Å². The van der Waals surface area contributed by atoms with E-state index in [0.717, 1.165) is 27.4 Å². The third-order valence-corrected chi connectivity index (χ3v) is 5.77. The molecule has 1 aromatic carbocycles. The Morgan fingerprint density at radius 1 is 1.35 bits per heavy atom. The van der Waals surface area contributed by atoms with E-state index in [9.17, 15) is 4.79 Å². The Morgan fingerprint density at radius 2 is 2.09 bits per heavy atom. The van der Waals surface area contributed by atoms with Gasteiger partial charge in [-0.05, 0) is 58.7 Å². The summed E-state index contributed by atoms with van der Waals surface area (Å²) in [6.07, 6.45) is 6.53.